The minimum Gasteiger partial charge on any atom is -0.493 e. The van der Waals surface area contributed by atoms with Gasteiger partial charge < -0.3 is 14.5 Å². The summed E-state index contributed by atoms with van der Waals surface area (Å²) in [6, 6.07) is 8.11. The molecule has 3 nitrogen and oxygen atoms in total. The van der Waals surface area contributed by atoms with Crippen molar-refractivity contribution in [1.29, 1.82) is 0 Å². The van der Waals surface area contributed by atoms with Crippen LogP contribution in [0, 0.1) is 0 Å². The average Bonchev–Trinajstić information content (AvgIpc) is 2.76. The van der Waals surface area contributed by atoms with Crippen molar-refractivity contribution in [2.45, 2.75) is 13.3 Å². The van der Waals surface area contributed by atoms with Gasteiger partial charge in [0.1, 0.15) is 5.75 Å². The minimum absolute atomic E-state index is 0.704. The lowest BCUT2D eigenvalue weighted by Gasteiger charge is -2.06. The van der Waals surface area contributed by atoms with Gasteiger partial charge in [-0.25, -0.2) is 0 Å². The van der Waals surface area contributed by atoms with Crippen LogP contribution in [0.15, 0.2) is 30.5 Å². The van der Waals surface area contributed by atoms with E-state index in [1.165, 1.54) is 5.39 Å². The summed E-state index contributed by atoms with van der Waals surface area (Å²) in [4.78, 5) is 3.16. The van der Waals surface area contributed by atoms with Crippen LogP contribution in [-0.2, 0) is 4.74 Å². The van der Waals surface area contributed by atoms with E-state index in [2.05, 4.69) is 4.98 Å². The molecule has 0 aliphatic rings. The van der Waals surface area contributed by atoms with Crippen molar-refractivity contribution < 1.29 is 9.47 Å². The molecule has 3 heteroatoms. The minimum atomic E-state index is 0.704. The van der Waals surface area contributed by atoms with E-state index in [1.54, 1.807) is 0 Å². The molecular formula is C13H17NO2. The molecule has 1 aromatic carbocycles. The van der Waals surface area contributed by atoms with Gasteiger partial charge in [-0.15, -0.1) is 0 Å². The number of fused-ring (bicyclic) bond motifs is 1. The summed E-state index contributed by atoms with van der Waals surface area (Å²) in [6.45, 7) is 4.24. The lowest BCUT2D eigenvalue weighted by atomic mass is 10.2. The molecule has 1 heterocycles. The number of hydrogen-bond acceptors (Lipinski definition) is 2. The van der Waals surface area contributed by atoms with E-state index < -0.39 is 0 Å². The SMILES string of the molecule is CCOCCCOc1ccc2[nH]ccc2c1. The van der Waals surface area contributed by atoms with E-state index in [0.29, 0.717) is 6.61 Å². The van der Waals surface area contributed by atoms with Crippen molar-refractivity contribution in [3.8, 4) is 5.75 Å². The first-order valence-corrected chi connectivity index (χ1v) is 5.68. The highest BCUT2D eigenvalue weighted by molar-refractivity contribution is 5.80. The number of aromatic nitrogens is 1. The Bertz CT molecular complexity index is 436. The van der Waals surface area contributed by atoms with Crippen LogP contribution in [0.25, 0.3) is 10.9 Å². The lowest BCUT2D eigenvalue weighted by molar-refractivity contribution is 0.131. The zero-order chi connectivity index (χ0) is 11.2. The van der Waals surface area contributed by atoms with Gasteiger partial charge >= 0.3 is 0 Å². The summed E-state index contributed by atoms with van der Waals surface area (Å²) >= 11 is 0. The fourth-order valence-electron chi connectivity index (χ4n) is 1.62. The Morgan fingerprint density at radius 3 is 3.00 bits per heavy atom. The maximum Gasteiger partial charge on any atom is 0.120 e. The quantitative estimate of drug-likeness (QED) is 0.758. The Balaban J connectivity index is 1.84. The van der Waals surface area contributed by atoms with Crippen LogP contribution in [0.4, 0.5) is 0 Å². The molecule has 0 amide bonds. The van der Waals surface area contributed by atoms with Crippen LogP contribution in [0.2, 0.25) is 0 Å². The van der Waals surface area contributed by atoms with Crippen molar-refractivity contribution in [2.75, 3.05) is 19.8 Å². The van der Waals surface area contributed by atoms with Crippen LogP contribution < -0.4 is 4.74 Å². The third-order valence-electron chi connectivity index (χ3n) is 2.43. The molecule has 2 rings (SSSR count). The molecule has 0 aliphatic carbocycles. The summed E-state index contributed by atoms with van der Waals surface area (Å²) in [5.41, 5.74) is 1.14. The molecule has 0 saturated heterocycles. The number of aromatic amines is 1. The molecule has 0 atom stereocenters. The Kier molecular flexibility index (Phi) is 3.83. The molecule has 1 aromatic heterocycles. The molecule has 0 saturated carbocycles. The molecule has 2 aromatic rings. The number of hydrogen-bond donors (Lipinski definition) is 1. The van der Waals surface area contributed by atoms with Crippen molar-refractivity contribution in [3.63, 3.8) is 0 Å². The number of ether oxygens (including phenoxy) is 2. The molecule has 0 unspecified atom stereocenters. The topological polar surface area (TPSA) is 34.2 Å². The molecule has 86 valence electrons. The molecule has 1 N–H and O–H groups in total. The van der Waals surface area contributed by atoms with E-state index in [0.717, 1.165) is 30.9 Å². The van der Waals surface area contributed by atoms with Crippen molar-refractivity contribution in [2.24, 2.45) is 0 Å². The third-order valence-corrected chi connectivity index (χ3v) is 2.43. The van der Waals surface area contributed by atoms with Gasteiger partial charge in [-0.3, -0.25) is 0 Å². The van der Waals surface area contributed by atoms with E-state index >= 15 is 0 Å². The monoisotopic (exact) mass is 219 g/mol. The van der Waals surface area contributed by atoms with Crippen molar-refractivity contribution >= 4 is 10.9 Å². The molecule has 0 fully saturated rings. The van der Waals surface area contributed by atoms with Crippen LogP contribution in [0.5, 0.6) is 5.75 Å². The number of H-pyrrole nitrogens is 1. The Morgan fingerprint density at radius 2 is 2.12 bits per heavy atom. The molecule has 0 spiro atoms. The highest BCUT2D eigenvalue weighted by Gasteiger charge is 1.97. The Labute approximate surface area is 95.4 Å². The molecule has 0 aliphatic heterocycles. The van der Waals surface area contributed by atoms with E-state index in [4.69, 9.17) is 9.47 Å². The number of nitrogens with one attached hydrogen (secondary N) is 1. The predicted molar refractivity (Wildman–Crippen MR) is 64.9 cm³/mol. The van der Waals surface area contributed by atoms with Crippen LogP contribution in [-0.4, -0.2) is 24.8 Å². The molecule has 16 heavy (non-hydrogen) atoms. The maximum absolute atomic E-state index is 5.64. The van der Waals surface area contributed by atoms with E-state index in [9.17, 15) is 0 Å². The van der Waals surface area contributed by atoms with E-state index in [1.807, 2.05) is 37.4 Å². The van der Waals surface area contributed by atoms with Gasteiger partial charge in [0, 0.05) is 36.7 Å². The van der Waals surface area contributed by atoms with Crippen LogP contribution in [0.1, 0.15) is 13.3 Å². The van der Waals surface area contributed by atoms with E-state index in [-0.39, 0.29) is 0 Å². The fourth-order valence-corrected chi connectivity index (χ4v) is 1.62. The summed E-state index contributed by atoms with van der Waals surface area (Å²) in [5.74, 6) is 0.920. The van der Waals surface area contributed by atoms with Crippen molar-refractivity contribution in [3.05, 3.63) is 30.5 Å². The summed E-state index contributed by atoms with van der Waals surface area (Å²) < 4.78 is 10.9. The third kappa shape index (κ3) is 2.76. The number of rotatable bonds is 6. The number of benzene rings is 1. The Morgan fingerprint density at radius 1 is 1.19 bits per heavy atom. The summed E-state index contributed by atoms with van der Waals surface area (Å²) in [6.07, 6.45) is 2.86. The molecular weight excluding hydrogens is 202 g/mol. The van der Waals surface area contributed by atoms with Gasteiger partial charge in [-0.2, -0.15) is 0 Å². The first-order chi connectivity index (χ1) is 7.90. The van der Waals surface area contributed by atoms with Gasteiger partial charge in [-0.05, 0) is 31.2 Å². The van der Waals surface area contributed by atoms with Gasteiger partial charge in [0.25, 0.3) is 0 Å². The fraction of sp³-hybridized carbons (Fsp3) is 0.385. The first kappa shape index (κ1) is 11.0. The molecule has 0 bridgehead atoms. The molecule has 0 radical (unpaired) electrons. The highest BCUT2D eigenvalue weighted by atomic mass is 16.5. The first-order valence-electron chi connectivity index (χ1n) is 5.68. The lowest BCUT2D eigenvalue weighted by Crippen LogP contribution is -2.02. The van der Waals surface area contributed by atoms with Crippen LogP contribution in [0.3, 0.4) is 0 Å². The van der Waals surface area contributed by atoms with Gasteiger partial charge in [0.2, 0.25) is 0 Å². The largest absolute Gasteiger partial charge is 0.493 e. The summed E-state index contributed by atoms with van der Waals surface area (Å²) in [5, 5.41) is 1.18. The second-order valence-corrected chi connectivity index (χ2v) is 3.63. The van der Waals surface area contributed by atoms with Crippen molar-refractivity contribution in [1.82, 2.24) is 4.98 Å². The second-order valence-electron chi connectivity index (χ2n) is 3.63. The zero-order valence-corrected chi connectivity index (χ0v) is 9.53. The standard InChI is InChI=1S/C13H17NO2/c1-2-15-8-3-9-16-12-4-5-13-11(10-12)6-7-14-13/h4-7,10,14H,2-3,8-9H2,1H3. The highest BCUT2D eigenvalue weighted by Crippen LogP contribution is 2.19. The van der Waals surface area contributed by atoms with Gasteiger partial charge in [-0.1, -0.05) is 0 Å². The second kappa shape index (κ2) is 5.56. The zero-order valence-electron chi connectivity index (χ0n) is 9.53. The maximum atomic E-state index is 5.64. The van der Waals surface area contributed by atoms with Gasteiger partial charge in [0.15, 0.2) is 0 Å². The smallest absolute Gasteiger partial charge is 0.120 e. The van der Waals surface area contributed by atoms with Crippen LogP contribution >= 0.6 is 0 Å². The predicted octanol–water partition coefficient (Wildman–Crippen LogP) is 2.97. The summed E-state index contributed by atoms with van der Waals surface area (Å²) in [7, 11) is 0. The Hall–Kier alpha value is -1.48. The normalized spacial score (nSPS) is 10.8. The average molecular weight is 219 g/mol. The van der Waals surface area contributed by atoms with Gasteiger partial charge in [0.05, 0.1) is 6.61 Å².